The third-order valence-corrected chi connectivity index (χ3v) is 3.87. The number of amides is 2. The topological polar surface area (TPSA) is 70.2 Å². The first-order valence-electron chi connectivity index (χ1n) is 6.82. The molecule has 0 aromatic heterocycles. The minimum absolute atomic E-state index is 0.297. The van der Waals surface area contributed by atoms with Crippen molar-refractivity contribution in [1.29, 1.82) is 0 Å². The van der Waals surface area contributed by atoms with Crippen molar-refractivity contribution in [2.45, 2.75) is 12.1 Å². The quantitative estimate of drug-likeness (QED) is 0.809. The van der Waals surface area contributed by atoms with Gasteiger partial charge in [0.05, 0.1) is 6.04 Å². The number of carbonyl (C=O) groups excluding carboxylic acids is 2. The lowest BCUT2D eigenvalue weighted by Gasteiger charge is -2.19. The summed E-state index contributed by atoms with van der Waals surface area (Å²) in [4.78, 5) is 24.3. The van der Waals surface area contributed by atoms with Crippen LogP contribution in [0.4, 0.5) is 0 Å². The number of benzene rings is 2. The van der Waals surface area contributed by atoms with Gasteiger partial charge in [-0.25, -0.2) is 5.43 Å². The molecule has 2 aromatic carbocycles. The van der Waals surface area contributed by atoms with Crippen LogP contribution in [0.2, 0.25) is 5.02 Å². The Bertz CT molecular complexity index is 706. The Morgan fingerprint density at radius 3 is 2.45 bits per heavy atom. The van der Waals surface area contributed by atoms with E-state index < -0.39 is 12.1 Å². The van der Waals surface area contributed by atoms with E-state index >= 15 is 0 Å². The number of hydrogen-bond acceptors (Lipinski definition) is 3. The molecule has 2 atom stereocenters. The molecule has 0 spiro atoms. The van der Waals surface area contributed by atoms with Crippen LogP contribution in [-0.2, 0) is 4.79 Å². The largest absolute Gasteiger partial charge is 0.338 e. The van der Waals surface area contributed by atoms with Gasteiger partial charge >= 0.3 is 0 Å². The smallest absolute Gasteiger partial charge is 0.258 e. The van der Waals surface area contributed by atoms with Crippen molar-refractivity contribution in [3.63, 3.8) is 0 Å². The Morgan fingerprint density at radius 1 is 1.05 bits per heavy atom. The summed E-state index contributed by atoms with van der Waals surface area (Å²) in [6.45, 7) is 0. The molecule has 3 rings (SSSR count). The molecule has 22 heavy (non-hydrogen) atoms. The second-order valence-electron chi connectivity index (χ2n) is 4.95. The van der Waals surface area contributed by atoms with Crippen molar-refractivity contribution in [1.82, 2.24) is 16.2 Å². The monoisotopic (exact) mass is 315 g/mol. The highest BCUT2D eigenvalue weighted by molar-refractivity contribution is 6.31. The predicted octanol–water partition coefficient (Wildman–Crippen LogP) is 1.81. The van der Waals surface area contributed by atoms with E-state index in [9.17, 15) is 9.59 Å². The van der Waals surface area contributed by atoms with E-state index in [1.165, 1.54) is 0 Å². The van der Waals surface area contributed by atoms with Crippen LogP contribution in [-0.4, -0.2) is 17.9 Å². The van der Waals surface area contributed by atoms with Crippen molar-refractivity contribution < 1.29 is 9.59 Å². The number of halogens is 1. The summed E-state index contributed by atoms with van der Waals surface area (Å²) < 4.78 is 0. The van der Waals surface area contributed by atoms with Gasteiger partial charge in [0.1, 0.15) is 6.04 Å². The van der Waals surface area contributed by atoms with Gasteiger partial charge in [0.25, 0.3) is 11.8 Å². The highest BCUT2D eigenvalue weighted by Gasteiger charge is 2.37. The zero-order valence-corrected chi connectivity index (χ0v) is 12.3. The summed E-state index contributed by atoms with van der Waals surface area (Å²) in [6.07, 6.45) is 0. The fourth-order valence-corrected chi connectivity index (χ4v) is 2.66. The van der Waals surface area contributed by atoms with Crippen molar-refractivity contribution in [3.8, 4) is 0 Å². The molecule has 0 aliphatic carbocycles. The standard InChI is InChI=1S/C16H14ClN3O2/c17-12-9-5-4-8-11(12)13-14(16(22)20-19-13)18-15(21)10-6-2-1-3-7-10/h1-9,13-14,19H,(H,18,21)(H,20,22)/t13-,14-/m1/s1. The van der Waals surface area contributed by atoms with Crippen LogP contribution in [0.25, 0.3) is 0 Å². The van der Waals surface area contributed by atoms with Gasteiger partial charge < -0.3 is 5.32 Å². The van der Waals surface area contributed by atoms with E-state index in [0.29, 0.717) is 10.6 Å². The predicted molar refractivity (Wildman–Crippen MR) is 83.2 cm³/mol. The Labute approximate surface area is 132 Å². The second-order valence-corrected chi connectivity index (χ2v) is 5.36. The summed E-state index contributed by atoms with van der Waals surface area (Å²) >= 11 is 6.18. The number of rotatable bonds is 3. The highest BCUT2D eigenvalue weighted by Crippen LogP contribution is 2.27. The molecule has 0 bridgehead atoms. The molecule has 0 radical (unpaired) electrons. The van der Waals surface area contributed by atoms with Crippen LogP contribution in [0.5, 0.6) is 0 Å². The Morgan fingerprint density at radius 2 is 1.73 bits per heavy atom. The molecule has 2 aromatic rings. The molecule has 0 unspecified atom stereocenters. The van der Waals surface area contributed by atoms with Gasteiger partial charge in [0, 0.05) is 10.6 Å². The van der Waals surface area contributed by atoms with Gasteiger partial charge in [-0.3, -0.25) is 15.0 Å². The molecule has 5 nitrogen and oxygen atoms in total. The summed E-state index contributed by atoms with van der Waals surface area (Å²) in [5.74, 6) is -0.601. The van der Waals surface area contributed by atoms with Crippen molar-refractivity contribution in [2.24, 2.45) is 0 Å². The summed E-state index contributed by atoms with van der Waals surface area (Å²) in [5.41, 5.74) is 6.66. The van der Waals surface area contributed by atoms with Crippen LogP contribution in [0.3, 0.4) is 0 Å². The number of hydrogen-bond donors (Lipinski definition) is 3. The zero-order chi connectivity index (χ0) is 15.5. The molecular weight excluding hydrogens is 302 g/mol. The Balaban J connectivity index is 1.83. The zero-order valence-electron chi connectivity index (χ0n) is 11.5. The first-order valence-corrected chi connectivity index (χ1v) is 7.20. The first-order chi connectivity index (χ1) is 10.7. The third-order valence-electron chi connectivity index (χ3n) is 3.53. The lowest BCUT2D eigenvalue weighted by molar-refractivity contribution is -0.121. The normalized spacial score (nSPS) is 20.5. The van der Waals surface area contributed by atoms with E-state index in [2.05, 4.69) is 16.2 Å². The molecule has 6 heteroatoms. The fraction of sp³-hybridized carbons (Fsp3) is 0.125. The third kappa shape index (κ3) is 2.81. The minimum Gasteiger partial charge on any atom is -0.338 e. The molecule has 1 saturated heterocycles. The van der Waals surface area contributed by atoms with E-state index in [4.69, 9.17) is 11.6 Å². The summed E-state index contributed by atoms with van der Waals surface area (Å²) in [5, 5.41) is 3.29. The second kappa shape index (κ2) is 6.17. The van der Waals surface area contributed by atoms with E-state index in [-0.39, 0.29) is 11.8 Å². The molecule has 1 fully saturated rings. The average Bonchev–Trinajstić information content (AvgIpc) is 2.90. The molecule has 112 valence electrons. The van der Waals surface area contributed by atoms with Crippen molar-refractivity contribution >= 4 is 23.4 Å². The van der Waals surface area contributed by atoms with Gasteiger partial charge in [0.2, 0.25) is 0 Å². The first kappa shape index (κ1) is 14.6. The van der Waals surface area contributed by atoms with Crippen LogP contribution in [0, 0.1) is 0 Å². The lowest BCUT2D eigenvalue weighted by Crippen LogP contribution is -2.43. The molecular formula is C16H14ClN3O2. The van der Waals surface area contributed by atoms with E-state index in [1.54, 1.807) is 30.3 Å². The SMILES string of the molecule is O=C(N[C@H]1C(=O)NN[C@@H]1c1ccccc1Cl)c1ccccc1. The number of carbonyl (C=O) groups is 2. The highest BCUT2D eigenvalue weighted by atomic mass is 35.5. The molecule has 2 amide bonds. The lowest BCUT2D eigenvalue weighted by atomic mass is 10.0. The molecule has 1 aliphatic heterocycles. The minimum atomic E-state index is -0.729. The fourth-order valence-electron chi connectivity index (χ4n) is 2.41. The molecule has 3 N–H and O–H groups in total. The molecule has 1 heterocycles. The average molecular weight is 316 g/mol. The maximum Gasteiger partial charge on any atom is 0.258 e. The van der Waals surface area contributed by atoms with E-state index in [0.717, 1.165) is 5.56 Å². The van der Waals surface area contributed by atoms with Crippen molar-refractivity contribution in [3.05, 3.63) is 70.7 Å². The van der Waals surface area contributed by atoms with Crippen molar-refractivity contribution in [2.75, 3.05) is 0 Å². The van der Waals surface area contributed by atoms with Gasteiger partial charge in [0.15, 0.2) is 0 Å². The molecule has 1 aliphatic rings. The van der Waals surface area contributed by atoms with Gasteiger partial charge in [-0.15, -0.1) is 0 Å². The summed E-state index contributed by atoms with van der Waals surface area (Å²) in [6, 6.07) is 14.8. The van der Waals surface area contributed by atoms with Crippen LogP contribution in [0.15, 0.2) is 54.6 Å². The maximum absolute atomic E-state index is 12.3. The van der Waals surface area contributed by atoms with Crippen LogP contribution < -0.4 is 16.2 Å². The Hall–Kier alpha value is -2.37. The van der Waals surface area contributed by atoms with Crippen LogP contribution >= 0.6 is 11.6 Å². The molecule has 0 saturated carbocycles. The number of hydrazine groups is 1. The van der Waals surface area contributed by atoms with Crippen LogP contribution in [0.1, 0.15) is 22.0 Å². The maximum atomic E-state index is 12.3. The van der Waals surface area contributed by atoms with E-state index in [1.807, 2.05) is 24.3 Å². The Kier molecular flexibility index (Phi) is 4.09. The van der Waals surface area contributed by atoms with Gasteiger partial charge in [-0.05, 0) is 23.8 Å². The summed E-state index contributed by atoms with van der Waals surface area (Å²) in [7, 11) is 0. The van der Waals surface area contributed by atoms with Gasteiger partial charge in [-0.2, -0.15) is 0 Å². The van der Waals surface area contributed by atoms with Gasteiger partial charge in [-0.1, -0.05) is 48.0 Å². The number of nitrogens with one attached hydrogen (secondary N) is 3.